The molecule has 5 rings (SSSR count). The number of nitrogens with zero attached hydrogens (tertiary/aromatic N) is 7. The molecule has 0 aliphatic rings. The van der Waals surface area contributed by atoms with Crippen molar-refractivity contribution in [2.75, 3.05) is 0 Å². The third kappa shape index (κ3) is 3.31. The topological polar surface area (TPSA) is 82.9 Å². The van der Waals surface area contributed by atoms with Crippen LogP contribution in [0.3, 0.4) is 0 Å². The molecule has 0 spiro atoms. The Morgan fingerprint density at radius 2 is 1.93 bits per heavy atom. The van der Waals surface area contributed by atoms with Crippen LogP contribution in [0.5, 0.6) is 0 Å². The van der Waals surface area contributed by atoms with Gasteiger partial charge >= 0.3 is 0 Å². The number of aromatic nitrogens is 7. The first-order valence-electron chi connectivity index (χ1n) is 9.13. The molecular weight excluding hydrogens is 366 g/mol. The van der Waals surface area contributed by atoms with Gasteiger partial charge in [-0.3, -0.25) is 9.78 Å². The van der Waals surface area contributed by atoms with Gasteiger partial charge in [-0.2, -0.15) is 0 Å². The number of rotatable bonds is 5. The van der Waals surface area contributed by atoms with Gasteiger partial charge in [-0.25, -0.2) is 9.67 Å². The van der Waals surface area contributed by atoms with Crippen LogP contribution in [0.4, 0.5) is 0 Å². The van der Waals surface area contributed by atoms with Gasteiger partial charge in [-0.15, -0.1) is 5.10 Å². The number of imidazole rings is 1. The minimum Gasteiger partial charge on any atom is -0.322 e. The van der Waals surface area contributed by atoms with Crippen LogP contribution in [-0.4, -0.2) is 39.7 Å². The molecule has 5 aromatic rings. The molecule has 0 radical (unpaired) electrons. The van der Waals surface area contributed by atoms with E-state index in [0.717, 1.165) is 28.3 Å². The maximum absolute atomic E-state index is 11.6. The Hall–Kier alpha value is -4.07. The van der Waals surface area contributed by atoms with Gasteiger partial charge in [0.2, 0.25) is 0 Å². The molecule has 0 saturated heterocycles. The summed E-state index contributed by atoms with van der Waals surface area (Å²) in [7, 11) is 0. The molecule has 29 heavy (non-hydrogen) atoms. The lowest BCUT2D eigenvalue weighted by Crippen LogP contribution is -2.00. The van der Waals surface area contributed by atoms with Crippen LogP contribution in [0.1, 0.15) is 23.0 Å². The summed E-state index contributed by atoms with van der Waals surface area (Å²) in [6, 6.07) is 9.59. The highest BCUT2D eigenvalue weighted by atomic mass is 16.1. The van der Waals surface area contributed by atoms with E-state index in [9.17, 15) is 4.79 Å². The first kappa shape index (κ1) is 17.1. The van der Waals surface area contributed by atoms with Crippen molar-refractivity contribution in [1.29, 1.82) is 0 Å². The van der Waals surface area contributed by atoms with Crippen molar-refractivity contribution in [2.24, 2.45) is 0 Å². The minimum atomic E-state index is 0.0267. The summed E-state index contributed by atoms with van der Waals surface area (Å²) < 4.78 is 5.59. The lowest BCUT2D eigenvalue weighted by molar-refractivity contribution is 0.101. The average Bonchev–Trinajstić information content (AvgIpc) is 3.48. The average molecular weight is 383 g/mol. The zero-order valence-corrected chi connectivity index (χ0v) is 15.7. The standard InChI is InChI=1S/C21H17N7O/c1-15(29)16-4-5-21-23-18(12-27(21)11-16)13-28-14-20(24-25-28)17-8-19(10-22-9-17)26-6-2-3-7-26/h2-12,14H,13H2,1H3. The molecule has 0 saturated carbocycles. The van der Waals surface area contributed by atoms with Crippen molar-refractivity contribution in [3.63, 3.8) is 0 Å². The highest BCUT2D eigenvalue weighted by molar-refractivity contribution is 5.94. The van der Waals surface area contributed by atoms with Gasteiger partial charge in [-0.1, -0.05) is 5.21 Å². The summed E-state index contributed by atoms with van der Waals surface area (Å²) in [4.78, 5) is 20.5. The number of carbonyl (C=O) groups is 1. The van der Waals surface area contributed by atoms with Crippen LogP contribution < -0.4 is 0 Å². The van der Waals surface area contributed by atoms with Gasteiger partial charge in [0, 0.05) is 42.1 Å². The molecule has 0 aliphatic heterocycles. The number of ketones is 1. The smallest absolute Gasteiger partial charge is 0.161 e. The number of pyridine rings is 2. The maximum atomic E-state index is 11.6. The van der Waals surface area contributed by atoms with Crippen molar-refractivity contribution in [1.82, 2.24) is 33.9 Å². The number of Topliss-reactive ketones (excluding diaryl/α,β-unsaturated/α-hetero) is 1. The second kappa shape index (κ2) is 6.83. The Labute approximate surface area is 166 Å². The summed E-state index contributed by atoms with van der Waals surface area (Å²) in [5.74, 6) is 0.0267. The van der Waals surface area contributed by atoms with Crippen molar-refractivity contribution in [3.05, 3.63) is 85.0 Å². The van der Waals surface area contributed by atoms with E-state index in [4.69, 9.17) is 0 Å². The van der Waals surface area contributed by atoms with Crippen LogP contribution in [0.15, 0.2) is 73.7 Å². The zero-order chi connectivity index (χ0) is 19.8. The fraction of sp³-hybridized carbons (Fsp3) is 0.0952. The molecule has 0 atom stereocenters. The SMILES string of the molecule is CC(=O)c1ccc2nc(Cn3cc(-c4cncc(-n5cccc5)c4)nn3)cn2c1. The number of fused-ring (bicyclic) bond motifs is 1. The van der Waals surface area contributed by atoms with E-state index in [0.29, 0.717) is 12.1 Å². The van der Waals surface area contributed by atoms with E-state index < -0.39 is 0 Å². The van der Waals surface area contributed by atoms with Crippen LogP contribution in [0.25, 0.3) is 22.6 Å². The van der Waals surface area contributed by atoms with Gasteiger partial charge in [0.05, 0.1) is 30.3 Å². The molecule has 0 unspecified atom stereocenters. The number of hydrogen-bond acceptors (Lipinski definition) is 5. The van der Waals surface area contributed by atoms with E-state index >= 15 is 0 Å². The third-order valence-corrected chi connectivity index (χ3v) is 4.69. The summed E-state index contributed by atoms with van der Waals surface area (Å²) >= 11 is 0. The molecule has 0 aromatic carbocycles. The predicted octanol–water partition coefficient (Wildman–Crippen LogP) is 3.03. The molecule has 0 bridgehead atoms. The monoisotopic (exact) mass is 383 g/mol. The molecule has 5 heterocycles. The Morgan fingerprint density at radius 3 is 2.76 bits per heavy atom. The Bertz CT molecular complexity index is 1310. The van der Waals surface area contributed by atoms with Gasteiger partial charge in [0.1, 0.15) is 11.3 Å². The first-order valence-corrected chi connectivity index (χ1v) is 9.13. The minimum absolute atomic E-state index is 0.0267. The molecular formula is C21H17N7O. The molecule has 0 N–H and O–H groups in total. The van der Waals surface area contributed by atoms with Gasteiger partial charge < -0.3 is 8.97 Å². The van der Waals surface area contributed by atoms with Crippen LogP contribution in [0, 0.1) is 0 Å². The fourth-order valence-electron chi connectivity index (χ4n) is 3.22. The van der Waals surface area contributed by atoms with E-state index in [1.54, 1.807) is 36.3 Å². The summed E-state index contributed by atoms with van der Waals surface area (Å²) in [5, 5.41) is 8.51. The summed E-state index contributed by atoms with van der Waals surface area (Å²) in [5.41, 5.74) is 4.87. The van der Waals surface area contributed by atoms with Crippen LogP contribution >= 0.6 is 0 Å². The Balaban J connectivity index is 1.40. The molecule has 8 heteroatoms. The molecule has 8 nitrogen and oxygen atoms in total. The van der Waals surface area contributed by atoms with Crippen LogP contribution in [-0.2, 0) is 6.54 Å². The maximum Gasteiger partial charge on any atom is 0.161 e. The molecule has 0 aliphatic carbocycles. The van der Waals surface area contributed by atoms with Gasteiger partial charge in [0.15, 0.2) is 5.78 Å². The van der Waals surface area contributed by atoms with Crippen molar-refractivity contribution in [2.45, 2.75) is 13.5 Å². The van der Waals surface area contributed by atoms with E-state index in [-0.39, 0.29) is 5.78 Å². The van der Waals surface area contributed by atoms with Crippen LogP contribution in [0.2, 0.25) is 0 Å². The third-order valence-electron chi connectivity index (χ3n) is 4.69. The van der Waals surface area contributed by atoms with Crippen molar-refractivity contribution >= 4 is 11.4 Å². The van der Waals surface area contributed by atoms with Gasteiger partial charge in [0.25, 0.3) is 0 Å². The van der Waals surface area contributed by atoms with E-state index in [1.165, 1.54) is 0 Å². The molecule has 0 fully saturated rings. The normalized spacial score (nSPS) is 11.2. The van der Waals surface area contributed by atoms with Crippen molar-refractivity contribution < 1.29 is 4.79 Å². The second-order valence-corrected chi connectivity index (χ2v) is 6.80. The highest BCUT2D eigenvalue weighted by Crippen LogP contribution is 2.19. The number of carbonyl (C=O) groups excluding carboxylic acids is 1. The largest absolute Gasteiger partial charge is 0.322 e. The molecule has 142 valence electrons. The van der Waals surface area contributed by atoms with Crippen molar-refractivity contribution in [3.8, 4) is 16.9 Å². The summed E-state index contributed by atoms with van der Waals surface area (Å²) in [6.45, 7) is 2.03. The van der Waals surface area contributed by atoms with Gasteiger partial charge in [-0.05, 0) is 37.3 Å². The second-order valence-electron chi connectivity index (χ2n) is 6.80. The summed E-state index contributed by atoms with van der Waals surface area (Å²) in [6.07, 6.45) is 13.1. The lowest BCUT2D eigenvalue weighted by atomic mass is 10.2. The quantitative estimate of drug-likeness (QED) is 0.436. The lowest BCUT2D eigenvalue weighted by Gasteiger charge is -2.03. The Kier molecular flexibility index (Phi) is 4.02. The predicted molar refractivity (Wildman–Crippen MR) is 107 cm³/mol. The number of hydrogen-bond donors (Lipinski definition) is 0. The van der Waals surface area contributed by atoms with E-state index in [2.05, 4.69) is 20.3 Å². The Morgan fingerprint density at radius 1 is 1.07 bits per heavy atom. The first-order chi connectivity index (χ1) is 14.2. The molecule has 5 aromatic heterocycles. The highest BCUT2D eigenvalue weighted by Gasteiger charge is 2.09. The zero-order valence-electron chi connectivity index (χ0n) is 15.7. The molecule has 0 amide bonds. The fourth-order valence-corrected chi connectivity index (χ4v) is 3.22. The van der Waals surface area contributed by atoms with E-state index in [1.807, 2.05) is 58.0 Å².